The molecule has 1 rings (SSSR count). The fourth-order valence-electron chi connectivity index (χ4n) is 2.96. The van der Waals surface area contributed by atoms with Crippen LogP contribution in [0.15, 0.2) is 4.99 Å². The fourth-order valence-corrected chi connectivity index (χ4v) is 2.96. The number of carbonyl (C=O) groups is 1. The topological polar surface area (TPSA) is 84.0 Å². The van der Waals surface area contributed by atoms with Crippen LogP contribution in [0.5, 0.6) is 0 Å². The Morgan fingerprint density at radius 3 is 2.31 bits per heavy atom. The number of nitrogens with one attached hydrogen (secondary N) is 3. The zero-order valence-corrected chi connectivity index (χ0v) is 16.6. The van der Waals surface area contributed by atoms with Crippen LogP contribution in [0.4, 0.5) is 0 Å². The van der Waals surface area contributed by atoms with Crippen LogP contribution >= 0.6 is 0 Å². The molecule has 0 unspecified atom stereocenters. The molecule has 1 aliphatic carbocycles. The molecule has 0 saturated heterocycles. The summed E-state index contributed by atoms with van der Waals surface area (Å²) in [6.45, 7) is 6.78. The van der Waals surface area contributed by atoms with E-state index in [0.717, 1.165) is 25.4 Å². The first kappa shape index (κ1) is 22.7. The lowest BCUT2D eigenvalue weighted by Crippen LogP contribution is -2.42. The summed E-state index contributed by atoms with van der Waals surface area (Å²) < 4.78 is 10.9. The average Bonchev–Trinajstić information content (AvgIpc) is 3.15. The fraction of sp³-hybridized carbons (Fsp3) is 0.895. The van der Waals surface area contributed by atoms with Gasteiger partial charge in [-0.2, -0.15) is 0 Å². The molecule has 0 aliphatic heterocycles. The van der Waals surface area contributed by atoms with Crippen molar-refractivity contribution in [2.75, 3.05) is 53.1 Å². The van der Waals surface area contributed by atoms with E-state index in [1.807, 2.05) is 0 Å². The van der Waals surface area contributed by atoms with E-state index in [1.54, 1.807) is 7.05 Å². The summed E-state index contributed by atoms with van der Waals surface area (Å²) in [5.74, 6) is 1.48. The van der Waals surface area contributed by atoms with Gasteiger partial charge in [0.2, 0.25) is 5.91 Å². The van der Waals surface area contributed by atoms with E-state index < -0.39 is 0 Å². The lowest BCUT2D eigenvalue weighted by molar-refractivity contribution is -0.121. The lowest BCUT2D eigenvalue weighted by atomic mass is 10.0. The van der Waals surface area contributed by atoms with Gasteiger partial charge in [-0.15, -0.1) is 0 Å². The van der Waals surface area contributed by atoms with E-state index >= 15 is 0 Å². The Kier molecular flexibility index (Phi) is 13.9. The number of guanidine groups is 1. The molecule has 1 saturated carbocycles. The quantitative estimate of drug-likeness (QED) is 0.246. The summed E-state index contributed by atoms with van der Waals surface area (Å²) in [6, 6.07) is 0. The number of unbranched alkanes of at least 4 members (excludes halogenated alkanes) is 1. The van der Waals surface area contributed by atoms with Crippen molar-refractivity contribution in [3.05, 3.63) is 0 Å². The first-order chi connectivity index (χ1) is 12.8. The highest BCUT2D eigenvalue weighted by atomic mass is 16.5. The first-order valence-electron chi connectivity index (χ1n) is 10.1. The smallest absolute Gasteiger partial charge is 0.220 e. The molecule has 1 aliphatic rings. The molecule has 1 amide bonds. The molecule has 0 aromatic rings. The van der Waals surface area contributed by atoms with Gasteiger partial charge < -0.3 is 25.4 Å². The van der Waals surface area contributed by atoms with Crippen molar-refractivity contribution in [3.8, 4) is 0 Å². The van der Waals surface area contributed by atoms with Gasteiger partial charge in [0.05, 0.1) is 19.8 Å². The molecule has 26 heavy (non-hydrogen) atoms. The van der Waals surface area contributed by atoms with Crippen molar-refractivity contribution < 1.29 is 14.3 Å². The van der Waals surface area contributed by atoms with Gasteiger partial charge in [-0.05, 0) is 25.2 Å². The van der Waals surface area contributed by atoms with Crippen LogP contribution in [0.2, 0.25) is 0 Å². The number of aliphatic imine (C=N–C) groups is 1. The molecule has 0 heterocycles. The first-order valence-corrected chi connectivity index (χ1v) is 10.1. The standard InChI is InChI=1S/C19H38N4O3/c1-3-4-12-25-14-15-26-13-11-23-19(20-2)22-10-9-21-18(24)16-17-7-5-6-8-17/h17H,3-16H2,1-2H3,(H,21,24)(H2,20,22,23). The predicted molar refractivity (Wildman–Crippen MR) is 105 cm³/mol. The highest BCUT2D eigenvalue weighted by Crippen LogP contribution is 2.27. The Hall–Kier alpha value is -1.34. The third kappa shape index (κ3) is 12.1. The second kappa shape index (κ2) is 15.9. The van der Waals surface area contributed by atoms with Crippen LogP contribution in [0.3, 0.4) is 0 Å². The van der Waals surface area contributed by atoms with E-state index in [0.29, 0.717) is 51.8 Å². The molecule has 0 radical (unpaired) electrons. The van der Waals surface area contributed by atoms with E-state index in [1.165, 1.54) is 25.7 Å². The maximum Gasteiger partial charge on any atom is 0.220 e. The maximum absolute atomic E-state index is 11.9. The van der Waals surface area contributed by atoms with Crippen molar-refractivity contribution >= 4 is 11.9 Å². The Labute approximate surface area is 158 Å². The van der Waals surface area contributed by atoms with Gasteiger partial charge in [0.15, 0.2) is 5.96 Å². The third-order valence-electron chi connectivity index (χ3n) is 4.47. The zero-order chi connectivity index (χ0) is 18.9. The summed E-state index contributed by atoms with van der Waals surface area (Å²) in [6.07, 6.45) is 7.89. The van der Waals surface area contributed by atoms with E-state index in [9.17, 15) is 4.79 Å². The Balaban J connectivity index is 1.92. The van der Waals surface area contributed by atoms with Crippen LogP contribution in [-0.2, 0) is 14.3 Å². The van der Waals surface area contributed by atoms with Gasteiger partial charge in [-0.3, -0.25) is 9.79 Å². The second-order valence-electron chi connectivity index (χ2n) is 6.71. The monoisotopic (exact) mass is 370 g/mol. The SMILES string of the molecule is CCCCOCCOCCNC(=NC)NCCNC(=O)CC1CCCC1. The molecule has 152 valence electrons. The number of hydrogen-bond acceptors (Lipinski definition) is 4. The molecule has 1 fully saturated rings. The van der Waals surface area contributed by atoms with Gasteiger partial charge in [0, 0.05) is 39.7 Å². The van der Waals surface area contributed by atoms with Gasteiger partial charge in [0.25, 0.3) is 0 Å². The molecule has 0 aromatic carbocycles. The van der Waals surface area contributed by atoms with Crippen molar-refractivity contribution in [2.24, 2.45) is 10.9 Å². The van der Waals surface area contributed by atoms with Gasteiger partial charge in [-0.25, -0.2) is 0 Å². The highest BCUT2D eigenvalue weighted by Gasteiger charge is 2.17. The van der Waals surface area contributed by atoms with Crippen molar-refractivity contribution in [2.45, 2.75) is 51.9 Å². The molecular weight excluding hydrogens is 332 g/mol. The molecule has 3 N–H and O–H groups in total. The molecular formula is C19H38N4O3. The minimum absolute atomic E-state index is 0.163. The maximum atomic E-state index is 11.9. The Morgan fingerprint density at radius 2 is 1.62 bits per heavy atom. The summed E-state index contributed by atoms with van der Waals surface area (Å²) in [4.78, 5) is 16.0. The summed E-state index contributed by atoms with van der Waals surface area (Å²) in [5.41, 5.74) is 0. The molecule has 0 aromatic heterocycles. The predicted octanol–water partition coefficient (Wildman–Crippen LogP) is 1.68. The largest absolute Gasteiger partial charge is 0.379 e. The summed E-state index contributed by atoms with van der Waals surface area (Å²) in [7, 11) is 1.73. The lowest BCUT2D eigenvalue weighted by Gasteiger charge is -2.13. The number of rotatable bonds is 14. The molecule has 7 nitrogen and oxygen atoms in total. The van der Waals surface area contributed by atoms with Crippen LogP contribution in [0, 0.1) is 5.92 Å². The van der Waals surface area contributed by atoms with Crippen LogP contribution in [-0.4, -0.2) is 65.0 Å². The molecule has 7 heteroatoms. The summed E-state index contributed by atoms with van der Waals surface area (Å²) >= 11 is 0. The van der Waals surface area contributed by atoms with E-state index in [-0.39, 0.29) is 5.91 Å². The number of hydrogen-bond donors (Lipinski definition) is 3. The van der Waals surface area contributed by atoms with Crippen molar-refractivity contribution in [1.29, 1.82) is 0 Å². The normalized spacial score (nSPS) is 15.2. The van der Waals surface area contributed by atoms with Crippen LogP contribution in [0.1, 0.15) is 51.9 Å². The summed E-state index contributed by atoms with van der Waals surface area (Å²) in [5, 5.41) is 9.35. The highest BCUT2D eigenvalue weighted by molar-refractivity contribution is 5.79. The minimum Gasteiger partial charge on any atom is -0.379 e. The van der Waals surface area contributed by atoms with Gasteiger partial charge in [-0.1, -0.05) is 26.2 Å². The van der Waals surface area contributed by atoms with Crippen LogP contribution < -0.4 is 16.0 Å². The zero-order valence-electron chi connectivity index (χ0n) is 16.6. The average molecular weight is 371 g/mol. The van der Waals surface area contributed by atoms with Crippen LogP contribution in [0.25, 0.3) is 0 Å². The van der Waals surface area contributed by atoms with E-state index in [2.05, 4.69) is 27.9 Å². The number of nitrogens with zero attached hydrogens (tertiary/aromatic N) is 1. The molecule has 0 spiro atoms. The third-order valence-corrected chi connectivity index (χ3v) is 4.47. The number of carbonyl (C=O) groups excluding carboxylic acids is 1. The number of amides is 1. The molecule has 0 atom stereocenters. The number of ether oxygens (including phenoxy) is 2. The second-order valence-corrected chi connectivity index (χ2v) is 6.71. The van der Waals surface area contributed by atoms with Crippen molar-refractivity contribution in [1.82, 2.24) is 16.0 Å². The van der Waals surface area contributed by atoms with Gasteiger partial charge >= 0.3 is 0 Å². The Morgan fingerprint density at radius 1 is 0.962 bits per heavy atom. The molecule has 0 bridgehead atoms. The van der Waals surface area contributed by atoms with Crippen molar-refractivity contribution in [3.63, 3.8) is 0 Å². The van der Waals surface area contributed by atoms with E-state index in [4.69, 9.17) is 9.47 Å². The van der Waals surface area contributed by atoms with Gasteiger partial charge in [0.1, 0.15) is 0 Å². The Bertz CT molecular complexity index is 385. The minimum atomic E-state index is 0.163.